The lowest BCUT2D eigenvalue weighted by molar-refractivity contribution is 0.398. The number of nitrogens with one attached hydrogen (secondary N) is 1. The summed E-state index contributed by atoms with van der Waals surface area (Å²) in [7, 11) is 5.40. The average Bonchev–Trinajstić information content (AvgIpc) is 3.17. The number of fused-ring (bicyclic) bond motifs is 3. The van der Waals surface area contributed by atoms with Crippen molar-refractivity contribution in [3.05, 3.63) is 24.7 Å². The van der Waals surface area contributed by atoms with Gasteiger partial charge >= 0.3 is 0 Å². The molecule has 4 aromatic rings. The van der Waals surface area contributed by atoms with Crippen molar-refractivity contribution in [3.63, 3.8) is 0 Å². The standard InChI is InChI=1S/C15H14N6OS/c1-16-13-10-12(21(2)7-18-10)11-15(20-13)23-14(19-11)8-4-5-9(22-3)17-6-8/h4-7H,1-3H3,(H,16,20). The summed E-state index contributed by atoms with van der Waals surface area (Å²) in [6.07, 6.45) is 3.54. The van der Waals surface area contributed by atoms with Crippen LogP contribution >= 0.6 is 11.3 Å². The van der Waals surface area contributed by atoms with Crippen molar-refractivity contribution in [3.8, 4) is 16.5 Å². The molecule has 0 unspecified atom stereocenters. The van der Waals surface area contributed by atoms with Gasteiger partial charge in [0.15, 0.2) is 5.82 Å². The quantitative estimate of drug-likeness (QED) is 0.624. The van der Waals surface area contributed by atoms with Crippen LogP contribution in [-0.4, -0.2) is 38.7 Å². The van der Waals surface area contributed by atoms with Gasteiger partial charge in [-0.3, -0.25) is 0 Å². The maximum atomic E-state index is 5.10. The Morgan fingerprint density at radius 1 is 1.17 bits per heavy atom. The predicted molar refractivity (Wildman–Crippen MR) is 91.0 cm³/mol. The molecule has 4 heterocycles. The van der Waals surface area contributed by atoms with E-state index in [9.17, 15) is 0 Å². The Morgan fingerprint density at radius 3 is 2.74 bits per heavy atom. The maximum absolute atomic E-state index is 5.10. The molecule has 0 saturated carbocycles. The Kier molecular flexibility index (Phi) is 3.12. The third-order valence-corrected chi connectivity index (χ3v) is 4.64. The van der Waals surface area contributed by atoms with Gasteiger partial charge in [-0.2, -0.15) is 0 Å². The van der Waals surface area contributed by atoms with Gasteiger partial charge in [-0.15, -0.1) is 0 Å². The summed E-state index contributed by atoms with van der Waals surface area (Å²) in [6.45, 7) is 0. The number of thiazole rings is 1. The van der Waals surface area contributed by atoms with Crippen LogP contribution in [0.3, 0.4) is 0 Å². The number of aryl methyl sites for hydroxylation is 1. The molecular weight excluding hydrogens is 312 g/mol. The molecule has 1 N–H and O–H groups in total. The summed E-state index contributed by atoms with van der Waals surface area (Å²) in [4.78, 5) is 18.9. The molecule has 23 heavy (non-hydrogen) atoms. The van der Waals surface area contributed by atoms with Gasteiger partial charge in [-0.25, -0.2) is 19.9 Å². The van der Waals surface area contributed by atoms with Crippen LogP contribution in [0.4, 0.5) is 5.82 Å². The second-order valence-corrected chi connectivity index (χ2v) is 6.00. The normalized spacial score (nSPS) is 11.3. The number of hydrogen-bond donors (Lipinski definition) is 1. The number of pyridine rings is 2. The largest absolute Gasteiger partial charge is 0.481 e. The fraction of sp³-hybridized carbons (Fsp3) is 0.200. The van der Waals surface area contributed by atoms with Gasteiger partial charge < -0.3 is 14.6 Å². The molecule has 0 spiro atoms. The van der Waals surface area contributed by atoms with E-state index >= 15 is 0 Å². The molecule has 0 aliphatic carbocycles. The minimum atomic E-state index is 0.583. The van der Waals surface area contributed by atoms with Gasteiger partial charge in [0.1, 0.15) is 26.4 Å². The van der Waals surface area contributed by atoms with Crippen LogP contribution in [-0.2, 0) is 7.05 Å². The number of ether oxygens (including phenoxy) is 1. The number of rotatable bonds is 3. The molecule has 0 aliphatic heterocycles. The van der Waals surface area contributed by atoms with Crippen LogP contribution in [0.2, 0.25) is 0 Å². The van der Waals surface area contributed by atoms with Gasteiger partial charge in [-0.05, 0) is 6.07 Å². The van der Waals surface area contributed by atoms with E-state index in [0.29, 0.717) is 5.88 Å². The first-order chi connectivity index (χ1) is 11.2. The highest BCUT2D eigenvalue weighted by Crippen LogP contribution is 2.35. The Balaban J connectivity index is 1.96. The van der Waals surface area contributed by atoms with E-state index in [1.807, 2.05) is 30.8 Å². The first-order valence-corrected chi connectivity index (χ1v) is 7.82. The van der Waals surface area contributed by atoms with Crippen LogP contribution in [0.25, 0.3) is 32.0 Å². The minimum Gasteiger partial charge on any atom is -0.481 e. The van der Waals surface area contributed by atoms with Crippen molar-refractivity contribution in [1.29, 1.82) is 0 Å². The first kappa shape index (κ1) is 13.9. The van der Waals surface area contributed by atoms with Crippen molar-refractivity contribution in [2.45, 2.75) is 0 Å². The summed E-state index contributed by atoms with van der Waals surface area (Å²) in [5.74, 6) is 1.34. The average molecular weight is 326 g/mol. The van der Waals surface area contributed by atoms with Crippen LogP contribution < -0.4 is 10.1 Å². The molecule has 0 saturated heterocycles. The van der Waals surface area contributed by atoms with E-state index in [1.54, 1.807) is 19.6 Å². The molecule has 4 aromatic heterocycles. The Labute approximate surface area is 136 Å². The lowest BCUT2D eigenvalue weighted by Crippen LogP contribution is -1.95. The van der Waals surface area contributed by atoms with Gasteiger partial charge in [0, 0.05) is 31.9 Å². The fourth-order valence-electron chi connectivity index (χ4n) is 2.50. The van der Waals surface area contributed by atoms with E-state index in [2.05, 4.69) is 20.3 Å². The molecule has 0 radical (unpaired) electrons. The van der Waals surface area contributed by atoms with Crippen LogP contribution in [0.15, 0.2) is 24.7 Å². The Morgan fingerprint density at radius 2 is 2.04 bits per heavy atom. The zero-order chi connectivity index (χ0) is 16.0. The summed E-state index contributed by atoms with van der Waals surface area (Å²) in [6, 6.07) is 3.77. The third kappa shape index (κ3) is 2.10. The SMILES string of the molecule is CNc1nc2sc(-c3ccc(OC)nc3)nc2c2c1ncn2C. The lowest BCUT2D eigenvalue weighted by atomic mass is 10.3. The summed E-state index contributed by atoms with van der Waals surface area (Å²) in [5, 5.41) is 3.98. The van der Waals surface area contributed by atoms with E-state index in [-0.39, 0.29) is 0 Å². The van der Waals surface area contributed by atoms with Gasteiger partial charge in [0.05, 0.1) is 13.4 Å². The van der Waals surface area contributed by atoms with Gasteiger partial charge in [-0.1, -0.05) is 11.3 Å². The number of nitrogens with zero attached hydrogens (tertiary/aromatic N) is 5. The highest BCUT2D eigenvalue weighted by molar-refractivity contribution is 7.21. The molecule has 116 valence electrons. The topological polar surface area (TPSA) is 77.8 Å². The zero-order valence-electron chi connectivity index (χ0n) is 12.9. The molecule has 0 amide bonds. The number of methoxy groups -OCH3 is 1. The molecule has 0 atom stereocenters. The highest BCUT2D eigenvalue weighted by Gasteiger charge is 2.17. The minimum absolute atomic E-state index is 0.583. The van der Waals surface area contributed by atoms with Crippen LogP contribution in [0.5, 0.6) is 5.88 Å². The molecule has 4 rings (SSSR count). The molecule has 0 fully saturated rings. The second-order valence-electron chi connectivity index (χ2n) is 5.03. The van der Waals surface area contributed by atoms with Crippen molar-refractivity contribution in [1.82, 2.24) is 24.5 Å². The molecule has 0 aliphatic rings. The van der Waals surface area contributed by atoms with Crippen molar-refractivity contribution in [2.75, 3.05) is 19.5 Å². The number of aromatic nitrogens is 5. The third-order valence-electron chi connectivity index (χ3n) is 3.64. The second kappa shape index (κ2) is 5.17. The molecule has 7 nitrogen and oxygen atoms in total. The van der Waals surface area contributed by atoms with Crippen LogP contribution in [0, 0.1) is 0 Å². The Bertz CT molecular complexity index is 1000. The zero-order valence-corrected chi connectivity index (χ0v) is 13.7. The summed E-state index contributed by atoms with van der Waals surface area (Å²) < 4.78 is 7.07. The van der Waals surface area contributed by atoms with Gasteiger partial charge in [0.2, 0.25) is 5.88 Å². The van der Waals surface area contributed by atoms with E-state index in [1.165, 1.54) is 11.3 Å². The van der Waals surface area contributed by atoms with E-state index in [4.69, 9.17) is 9.72 Å². The molecular formula is C15H14N6OS. The van der Waals surface area contributed by atoms with E-state index < -0.39 is 0 Å². The van der Waals surface area contributed by atoms with E-state index in [0.717, 1.165) is 37.8 Å². The predicted octanol–water partition coefficient (Wildman–Crippen LogP) is 2.69. The number of hydrogen-bond acceptors (Lipinski definition) is 7. The highest BCUT2D eigenvalue weighted by atomic mass is 32.1. The smallest absolute Gasteiger partial charge is 0.212 e. The molecule has 8 heteroatoms. The fourth-order valence-corrected chi connectivity index (χ4v) is 3.44. The summed E-state index contributed by atoms with van der Waals surface area (Å²) >= 11 is 1.54. The maximum Gasteiger partial charge on any atom is 0.212 e. The molecule has 0 bridgehead atoms. The lowest BCUT2D eigenvalue weighted by Gasteiger charge is -2.01. The monoisotopic (exact) mass is 326 g/mol. The number of imidazole rings is 1. The first-order valence-electron chi connectivity index (χ1n) is 7.01. The number of anilines is 1. The van der Waals surface area contributed by atoms with Crippen LogP contribution in [0.1, 0.15) is 0 Å². The van der Waals surface area contributed by atoms with Crippen molar-refractivity contribution < 1.29 is 4.74 Å². The van der Waals surface area contributed by atoms with Gasteiger partial charge in [0.25, 0.3) is 0 Å². The summed E-state index contributed by atoms with van der Waals surface area (Å²) in [5.41, 5.74) is 3.60. The van der Waals surface area contributed by atoms with Crippen molar-refractivity contribution in [2.24, 2.45) is 7.05 Å². The van der Waals surface area contributed by atoms with Crippen molar-refractivity contribution >= 4 is 38.5 Å². The molecule has 0 aromatic carbocycles. The Hall–Kier alpha value is -2.74.